The standard InChI is InChI=1S/C19H22FN3O3/c1-24-12-14-9-13(3-5-16(14)20)11-22-19(21)23-15-4-6-17-18(10-15)26-8-2-7-25-17/h3-6,9-10H,2,7-8,11-12H2,1H3,(H3,21,22,23). The lowest BCUT2D eigenvalue weighted by Crippen LogP contribution is -2.22. The van der Waals surface area contributed by atoms with E-state index >= 15 is 0 Å². The number of fused-ring (bicyclic) bond motifs is 1. The molecule has 0 amide bonds. The molecular formula is C19H22FN3O3. The highest BCUT2D eigenvalue weighted by atomic mass is 19.1. The first-order chi connectivity index (χ1) is 12.7. The van der Waals surface area contributed by atoms with Gasteiger partial charge in [-0.2, -0.15) is 0 Å². The van der Waals surface area contributed by atoms with Crippen molar-refractivity contribution in [1.29, 1.82) is 0 Å². The topological polar surface area (TPSA) is 78.1 Å². The van der Waals surface area contributed by atoms with Crippen molar-refractivity contribution in [3.05, 3.63) is 53.3 Å². The summed E-state index contributed by atoms with van der Waals surface area (Å²) in [4.78, 5) is 4.30. The van der Waals surface area contributed by atoms with Crippen molar-refractivity contribution in [2.75, 3.05) is 25.6 Å². The van der Waals surface area contributed by atoms with Gasteiger partial charge in [0.05, 0.1) is 26.4 Å². The maximum atomic E-state index is 13.6. The van der Waals surface area contributed by atoms with Gasteiger partial charge in [0.15, 0.2) is 17.5 Å². The molecule has 0 spiro atoms. The van der Waals surface area contributed by atoms with E-state index in [-0.39, 0.29) is 18.4 Å². The minimum atomic E-state index is -0.294. The zero-order valence-electron chi connectivity index (χ0n) is 14.6. The molecule has 0 aromatic heterocycles. The molecule has 138 valence electrons. The largest absolute Gasteiger partial charge is 0.490 e. The molecule has 6 nitrogen and oxygen atoms in total. The first-order valence-electron chi connectivity index (χ1n) is 8.38. The smallest absolute Gasteiger partial charge is 0.193 e. The van der Waals surface area contributed by atoms with E-state index in [1.165, 1.54) is 13.2 Å². The van der Waals surface area contributed by atoms with Gasteiger partial charge in [0, 0.05) is 30.8 Å². The summed E-state index contributed by atoms with van der Waals surface area (Å²) in [7, 11) is 1.53. The number of hydrogen-bond acceptors (Lipinski definition) is 4. The SMILES string of the molecule is COCc1cc(CN=C(N)Nc2ccc3c(c2)OCCCO3)ccc1F. The number of guanidine groups is 1. The number of rotatable bonds is 5. The molecule has 0 bridgehead atoms. The van der Waals surface area contributed by atoms with Gasteiger partial charge < -0.3 is 25.3 Å². The van der Waals surface area contributed by atoms with Crippen LogP contribution in [0.3, 0.4) is 0 Å². The van der Waals surface area contributed by atoms with E-state index in [1.807, 2.05) is 18.2 Å². The van der Waals surface area contributed by atoms with Gasteiger partial charge in [0.25, 0.3) is 0 Å². The number of benzene rings is 2. The third-order valence-electron chi connectivity index (χ3n) is 3.86. The van der Waals surface area contributed by atoms with Crippen LogP contribution in [0.2, 0.25) is 0 Å². The summed E-state index contributed by atoms with van der Waals surface area (Å²) in [6, 6.07) is 10.3. The quantitative estimate of drug-likeness (QED) is 0.634. The molecule has 1 aliphatic rings. The van der Waals surface area contributed by atoms with Crippen LogP contribution in [0.25, 0.3) is 0 Å². The number of nitrogens with one attached hydrogen (secondary N) is 1. The minimum Gasteiger partial charge on any atom is -0.490 e. The van der Waals surface area contributed by atoms with Crippen molar-refractivity contribution in [1.82, 2.24) is 0 Å². The summed E-state index contributed by atoms with van der Waals surface area (Å²) >= 11 is 0. The Balaban J connectivity index is 1.65. The van der Waals surface area contributed by atoms with Gasteiger partial charge in [-0.1, -0.05) is 6.07 Å². The average molecular weight is 359 g/mol. The van der Waals surface area contributed by atoms with Crippen LogP contribution in [0.5, 0.6) is 11.5 Å². The number of ether oxygens (including phenoxy) is 3. The van der Waals surface area contributed by atoms with Gasteiger partial charge >= 0.3 is 0 Å². The zero-order chi connectivity index (χ0) is 18.4. The number of halogens is 1. The zero-order valence-corrected chi connectivity index (χ0v) is 14.6. The molecule has 3 N–H and O–H groups in total. The lowest BCUT2D eigenvalue weighted by molar-refractivity contribution is 0.181. The van der Waals surface area contributed by atoms with E-state index < -0.39 is 0 Å². The number of nitrogens with zero attached hydrogens (tertiary/aromatic N) is 1. The molecule has 26 heavy (non-hydrogen) atoms. The second-order valence-electron chi connectivity index (χ2n) is 5.90. The van der Waals surface area contributed by atoms with Crippen LogP contribution in [0.1, 0.15) is 17.5 Å². The number of methoxy groups -OCH3 is 1. The Bertz CT molecular complexity index is 796. The second kappa shape index (κ2) is 8.53. The maximum absolute atomic E-state index is 13.6. The number of anilines is 1. The summed E-state index contributed by atoms with van der Waals surface area (Å²) in [5.74, 6) is 1.37. The molecule has 0 fully saturated rings. The monoisotopic (exact) mass is 359 g/mol. The van der Waals surface area contributed by atoms with Crippen LogP contribution < -0.4 is 20.5 Å². The van der Waals surface area contributed by atoms with E-state index in [0.29, 0.717) is 31.1 Å². The molecule has 0 saturated carbocycles. The van der Waals surface area contributed by atoms with Crippen molar-refractivity contribution in [2.45, 2.75) is 19.6 Å². The Morgan fingerprint density at radius 3 is 2.81 bits per heavy atom. The third kappa shape index (κ3) is 4.64. The molecule has 0 unspecified atom stereocenters. The predicted octanol–water partition coefficient (Wildman–Crippen LogP) is 3.06. The molecule has 7 heteroatoms. The molecule has 1 aliphatic heterocycles. The Morgan fingerprint density at radius 1 is 1.19 bits per heavy atom. The molecule has 0 saturated heterocycles. The number of nitrogens with two attached hydrogens (primary N) is 1. The summed E-state index contributed by atoms with van der Waals surface area (Å²) in [6.07, 6.45) is 0.851. The highest BCUT2D eigenvalue weighted by molar-refractivity contribution is 5.92. The van der Waals surface area contributed by atoms with Gasteiger partial charge in [-0.3, -0.25) is 0 Å². The van der Waals surface area contributed by atoms with E-state index in [4.69, 9.17) is 19.9 Å². The van der Waals surface area contributed by atoms with Crippen LogP contribution in [0.15, 0.2) is 41.4 Å². The van der Waals surface area contributed by atoms with Crippen LogP contribution in [-0.2, 0) is 17.9 Å². The van der Waals surface area contributed by atoms with Crippen molar-refractivity contribution in [2.24, 2.45) is 10.7 Å². The molecule has 3 rings (SSSR count). The van der Waals surface area contributed by atoms with Crippen LogP contribution >= 0.6 is 0 Å². The van der Waals surface area contributed by atoms with Gasteiger partial charge in [0.2, 0.25) is 0 Å². The Kier molecular flexibility index (Phi) is 5.91. The van der Waals surface area contributed by atoms with Crippen molar-refractivity contribution in [3.63, 3.8) is 0 Å². The summed E-state index contributed by atoms with van der Waals surface area (Å²) in [5, 5.41) is 3.03. The maximum Gasteiger partial charge on any atom is 0.193 e. The van der Waals surface area contributed by atoms with Gasteiger partial charge in [-0.15, -0.1) is 0 Å². The number of aliphatic imine (C=N–C) groups is 1. The third-order valence-corrected chi connectivity index (χ3v) is 3.86. The minimum absolute atomic E-state index is 0.217. The highest BCUT2D eigenvalue weighted by Crippen LogP contribution is 2.32. The Hall–Kier alpha value is -2.80. The van der Waals surface area contributed by atoms with Gasteiger partial charge in [-0.05, 0) is 29.8 Å². The number of hydrogen-bond donors (Lipinski definition) is 2. The molecule has 1 heterocycles. The van der Waals surface area contributed by atoms with E-state index in [0.717, 1.165) is 23.4 Å². The van der Waals surface area contributed by atoms with Crippen LogP contribution in [-0.4, -0.2) is 26.3 Å². The summed E-state index contributed by atoms with van der Waals surface area (Å²) in [6.45, 7) is 1.81. The lowest BCUT2D eigenvalue weighted by atomic mass is 10.1. The Morgan fingerprint density at radius 2 is 2.00 bits per heavy atom. The molecule has 0 radical (unpaired) electrons. The second-order valence-corrected chi connectivity index (χ2v) is 5.90. The fourth-order valence-corrected chi connectivity index (χ4v) is 2.60. The van der Waals surface area contributed by atoms with Gasteiger partial charge in [0.1, 0.15) is 5.82 Å². The Labute approximate surface area is 151 Å². The normalized spacial score (nSPS) is 14.0. The summed E-state index contributed by atoms with van der Waals surface area (Å²) < 4.78 is 29.9. The lowest BCUT2D eigenvalue weighted by Gasteiger charge is -2.11. The predicted molar refractivity (Wildman–Crippen MR) is 98.1 cm³/mol. The van der Waals surface area contributed by atoms with Crippen molar-refractivity contribution >= 4 is 11.6 Å². The fraction of sp³-hybridized carbons (Fsp3) is 0.316. The van der Waals surface area contributed by atoms with E-state index in [1.54, 1.807) is 12.1 Å². The average Bonchev–Trinajstić information content (AvgIpc) is 2.87. The van der Waals surface area contributed by atoms with Crippen molar-refractivity contribution in [3.8, 4) is 11.5 Å². The fourth-order valence-electron chi connectivity index (χ4n) is 2.60. The molecule has 2 aromatic rings. The van der Waals surface area contributed by atoms with E-state index in [2.05, 4.69) is 10.3 Å². The van der Waals surface area contributed by atoms with Crippen LogP contribution in [0.4, 0.5) is 10.1 Å². The summed E-state index contributed by atoms with van der Waals surface area (Å²) in [5.41, 5.74) is 8.06. The van der Waals surface area contributed by atoms with Crippen LogP contribution in [0, 0.1) is 5.82 Å². The first-order valence-corrected chi connectivity index (χ1v) is 8.38. The molecule has 0 atom stereocenters. The van der Waals surface area contributed by atoms with Crippen molar-refractivity contribution < 1.29 is 18.6 Å². The molecule has 2 aromatic carbocycles. The highest BCUT2D eigenvalue weighted by Gasteiger charge is 2.11. The van der Waals surface area contributed by atoms with E-state index in [9.17, 15) is 4.39 Å². The molecular weight excluding hydrogens is 337 g/mol. The first kappa shape index (κ1) is 18.0. The molecule has 0 aliphatic carbocycles. The van der Waals surface area contributed by atoms with Gasteiger partial charge in [-0.25, -0.2) is 9.38 Å².